The highest BCUT2D eigenvalue weighted by atomic mass is 35.5. The van der Waals surface area contributed by atoms with Gasteiger partial charge in [0.25, 0.3) is 0 Å². The van der Waals surface area contributed by atoms with Crippen LogP contribution in [0.15, 0.2) is 47.0 Å². The first kappa shape index (κ1) is 14.3. The third-order valence-electron chi connectivity index (χ3n) is 3.04. The number of aromatic nitrogens is 1. The number of nitrogens with two attached hydrogens (primary N) is 1. The van der Waals surface area contributed by atoms with E-state index in [0.29, 0.717) is 31.9 Å². The Hall–Kier alpha value is -1.68. The average molecular weight is 340 g/mol. The first-order valence-corrected chi connectivity index (χ1v) is 7.17. The van der Waals surface area contributed by atoms with E-state index in [0.717, 1.165) is 5.56 Å². The van der Waals surface area contributed by atoms with Crippen LogP contribution < -0.4 is 5.73 Å². The van der Waals surface area contributed by atoms with E-state index in [9.17, 15) is 0 Å². The van der Waals surface area contributed by atoms with E-state index in [2.05, 4.69) is 5.16 Å². The van der Waals surface area contributed by atoms with Crippen LogP contribution in [-0.2, 0) is 0 Å². The van der Waals surface area contributed by atoms with Gasteiger partial charge in [-0.15, -0.1) is 0 Å². The summed E-state index contributed by atoms with van der Waals surface area (Å²) in [6.07, 6.45) is 0. The molecule has 0 spiro atoms. The number of nitrogen functional groups attached to an aromatic ring is 1. The molecule has 1 aromatic heterocycles. The molecule has 3 nitrogen and oxygen atoms in total. The zero-order chi connectivity index (χ0) is 15.0. The Kier molecular flexibility index (Phi) is 3.81. The number of nitrogens with zero attached hydrogens (tertiary/aromatic N) is 1. The summed E-state index contributed by atoms with van der Waals surface area (Å²) in [6, 6.07) is 12.6. The van der Waals surface area contributed by atoms with Gasteiger partial charge in [0.2, 0.25) is 5.88 Å². The first-order chi connectivity index (χ1) is 10.1. The molecular weight excluding hydrogens is 331 g/mol. The number of hydrogen-bond donors (Lipinski definition) is 1. The fraction of sp³-hybridized carbons (Fsp3) is 0. The summed E-state index contributed by atoms with van der Waals surface area (Å²) in [5.41, 5.74) is 8.52. The van der Waals surface area contributed by atoms with Crippen LogP contribution in [0.25, 0.3) is 22.4 Å². The van der Waals surface area contributed by atoms with Crippen LogP contribution in [0.2, 0.25) is 15.1 Å². The van der Waals surface area contributed by atoms with Crippen LogP contribution in [0.5, 0.6) is 0 Å². The summed E-state index contributed by atoms with van der Waals surface area (Å²) in [5.74, 6) is 0.198. The van der Waals surface area contributed by atoms with Crippen molar-refractivity contribution in [2.24, 2.45) is 0 Å². The Labute approximate surface area is 136 Å². The molecule has 21 heavy (non-hydrogen) atoms. The van der Waals surface area contributed by atoms with Crippen LogP contribution in [0.3, 0.4) is 0 Å². The summed E-state index contributed by atoms with van der Waals surface area (Å²) in [5, 5.41) is 5.44. The van der Waals surface area contributed by atoms with E-state index >= 15 is 0 Å². The number of hydrogen-bond acceptors (Lipinski definition) is 3. The third kappa shape index (κ3) is 2.60. The fourth-order valence-electron chi connectivity index (χ4n) is 2.10. The molecule has 0 saturated heterocycles. The maximum atomic E-state index is 6.25. The molecule has 0 unspecified atom stereocenters. The van der Waals surface area contributed by atoms with Crippen molar-refractivity contribution < 1.29 is 4.52 Å². The Morgan fingerprint density at radius 3 is 2.52 bits per heavy atom. The summed E-state index contributed by atoms with van der Waals surface area (Å²) in [4.78, 5) is 0. The average Bonchev–Trinajstić information content (AvgIpc) is 2.83. The van der Waals surface area contributed by atoms with E-state index in [1.165, 1.54) is 0 Å². The van der Waals surface area contributed by atoms with Crippen LogP contribution in [0.4, 0.5) is 5.88 Å². The maximum absolute atomic E-state index is 6.25. The Morgan fingerprint density at radius 2 is 1.76 bits per heavy atom. The summed E-state index contributed by atoms with van der Waals surface area (Å²) in [6.45, 7) is 0. The van der Waals surface area contributed by atoms with Crippen molar-refractivity contribution in [2.75, 3.05) is 5.73 Å². The molecule has 1 heterocycles. The normalized spacial score (nSPS) is 10.8. The predicted molar refractivity (Wildman–Crippen MR) is 86.8 cm³/mol. The molecule has 6 heteroatoms. The third-order valence-corrected chi connectivity index (χ3v) is 4.09. The van der Waals surface area contributed by atoms with Gasteiger partial charge in [0.1, 0.15) is 5.69 Å². The first-order valence-electron chi connectivity index (χ1n) is 6.03. The second-order valence-corrected chi connectivity index (χ2v) is 5.60. The highest BCUT2D eigenvalue weighted by Gasteiger charge is 2.20. The quantitative estimate of drug-likeness (QED) is 0.666. The van der Waals surface area contributed by atoms with Crippen LogP contribution in [0, 0.1) is 0 Å². The molecule has 106 valence electrons. The Bertz CT molecular complexity index is 814. The van der Waals surface area contributed by atoms with Gasteiger partial charge >= 0.3 is 0 Å². The van der Waals surface area contributed by atoms with Crippen molar-refractivity contribution in [1.82, 2.24) is 5.16 Å². The zero-order valence-electron chi connectivity index (χ0n) is 10.6. The van der Waals surface area contributed by atoms with E-state index < -0.39 is 0 Å². The minimum Gasteiger partial charge on any atom is -0.367 e. The van der Waals surface area contributed by atoms with Gasteiger partial charge in [-0.05, 0) is 23.8 Å². The number of halogens is 3. The van der Waals surface area contributed by atoms with Crippen molar-refractivity contribution in [3.63, 3.8) is 0 Å². The molecule has 0 saturated carbocycles. The monoisotopic (exact) mass is 338 g/mol. The molecule has 0 bridgehead atoms. The lowest BCUT2D eigenvalue weighted by atomic mass is 10.0. The lowest BCUT2D eigenvalue weighted by molar-refractivity contribution is 0.439. The summed E-state index contributed by atoms with van der Waals surface area (Å²) < 4.78 is 5.12. The topological polar surface area (TPSA) is 52.0 Å². The molecule has 0 radical (unpaired) electrons. The van der Waals surface area contributed by atoms with E-state index in [1.807, 2.05) is 12.1 Å². The smallest absolute Gasteiger partial charge is 0.230 e. The molecule has 0 aliphatic heterocycles. The van der Waals surface area contributed by atoms with Gasteiger partial charge in [-0.3, -0.25) is 0 Å². The second-order valence-electron chi connectivity index (χ2n) is 4.38. The van der Waals surface area contributed by atoms with Crippen LogP contribution in [0.1, 0.15) is 0 Å². The van der Waals surface area contributed by atoms with Gasteiger partial charge in [-0.2, -0.15) is 0 Å². The largest absolute Gasteiger partial charge is 0.367 e. The highest BCUT2D eigenvalue weighted by molar-refractivity contribution is 6.43. The van der Waals surface area contributed by atoms with Crippen LogP contribution >= 0.6 is 34.8 Å². The number of anilines is 1. The second kappa shape index (κ2) is 5.60. The Balaban J connectivity index is 2.24. The summed E-state index contributed by atoms with van der Waals surface area (Å²) >= 11 is 18.3. The maximum Gasteiger partial charge on any atom is 0.230 e. The van der Waals surface area contributed by atoms with Gasteiger partial charge in [-0.25, -0.2) is 0 Å². The lowest BCUT2D eigenvalue weighted by Gasteiger charge is -2.06. The SMILES string of the molecule is Nc1onc(-c2cccc(Cl)c2Cl)c1-c1cccc(Cl)c1. The highest BCUT2D eigenvalue weighted by Crippen LogP contribution is 2.41. The molecular formula is C15H9Cl3N2O. The van der Waals surface area contributed by atoms with Crippen molar-refractivity contribution >= 4 is 40.7 Å². The molecule has 0 aliphatic carbocycles. The van der Waals surface area contributed by atoms with E-state index in [4.69, 9.17) is 45.1 Å². The molecule has 3 aromatic rings. The van der Waals surface area contributed by atoms with Gasteiger partial charge in [0, 0.05) is 10.6 Å². The fourth-order valence-corrected chi connectivity index (χ4v) is 2.68. The standard InChI is InChI=1S/C15H9Cl3N2O/c16-9-4-1-3-8(7-9)12-14(20-21-15(12)19)10-5-2-6-11(17)13(10)18/h1-7H,19H2. The molecule has 0 aliphatic rings. The molecule has 0 fully saturated rings. The van der Waals surface area contributed by atoms with Crippen LogP contribution in [-0.4, -0.2) is 5.16 Å². The van der Waals surface area contributed by atoms with Gasteiger partial charge in [-0.1, -0.05) is 64.2 Å². The zero-order valence-corrected chi connectivity index (χ0v) is 12.9. The van der Waals surface area contributed by atoms with Crippen molar-refractivity contribution in [3.8, 4) is 22.4 Å². The minimum atomic E-state index is 0.198. The van der Waals surface area contributed by atoms with Crippen molar-refractivity contribution in [3.05, 3.63) is 57.5 Å². The summed E-state index contributed by atoms with van der Waals surface area (Å²) in [7, 11) is 0. The molecule has 0 atom stereocenters. The minimum absolute atomic E-state index is 0.198. The van der Waals surface area contributed by atoms with Crippen molar-refractivity contribution in [2.45, 2.75) is 0 Å². The molecule has 2 aromatic carbocycles. The molecule has 0 amide bonds. The number of rotatable bonds is 2. The van der Waals surface area contributed by atoms with E-state index in [-0.39, 0.29) is 5.88 Å². The lowest BCUT2D eigenvalue weighted by Crippen LogP contribution is -1.88. The Morgan fingerprint density at radius 1 is 1.00 bits per heavy atom. The van der Waals surface area contributed by atoms with Crippen molar-refractivity contribution in [1.29, 1.82) is 0 Å². The molecule has 3 rings (SSSR count). The molecule has 2 N–H and O–H groups in total. The predicted octanol–water partition coefficient (Wildman–Crippen LogP) is 5.55. The van der Waals surface area contributed by atoms with Gasteiger partial charge < -0.3 is 10.3 Å². The van der Waals surface area contributed by atoms with Gasteiger partial charge in [0.05, 0.1) is 15.6 Å². The number of benzene rings is 2. The van der Waals surface area contributed by atoms with E-state index in [1.54, 1.807) is 30.3 Å². The van der Waals surface area contributed by atoms with Gasteiger partial charge in [0.15, 0.2) is 0 Å².